The van der Waals surface area contributed by atoms with E-state index in [0.717, 1.165) is 24.1 Å². The number of anilines is 1. The van der Waals surface area contributed by atoms with Gasteiger partial charge in [-0.1, -0.05) is 22.0 Å². The van der Waals surface area contributed by atoms with Gasteiger partial charge in [0.25, 0.3) is 5.69 Å². The summed E-state index contributed by atoms with van der Waals surface area (Å²) in [6.45, 7) is 0. The molecule has 0 atom stereocenters. The Kier molecular flexibility index (Phi) is 3.66. The second-order valence-electron chi connectivity index (χ2n) is 4.41. The van der Waals surface area contributed by atoms with Crippen LogP contribution >= 0.6 is 15.9 Å². The number of nitrogens with zero attached hydrogens (tertiary/aromatic N) is 2. The first kappa shape index (κ1) is 12.4. The Morgan fingerprint density at radius 2 is 2.24 bits per heavy atom. The number of nitro groups is 1. The molecule has 0 heterocycles. The van der Waals surface area contributed by atoms with Crippen LogP contribution in [0, 0.1) is 10.1 Å². The standard InChI is InChI=1S/C12H15BrN2O2/c1-14(10-3-2-4-10)11-6-5-9(8-13)7-12(11)15(16)17/h5-7,10H,2-4,8H2,1H3. The summed E-state index contributed by atoms with van der Waals surface area (Å²) in [7, 11) is 1.94. The Morgan fingerprint density at radius 1 is 1.53 bits per heavy atom. The lowest BCUT2D eigenvalue weighted by atomic mass is 9.91. The molecule has 0 saturated heterocycles. The van der Waals surface area contributed by atoms with Crippen molar-refractivity contribution < 1.29 is 4.92 Å². The largest absolute Gasteiger partial charge is 0.366 e. The van der Waals surface area contributed by atoms with Crippen LogP contribution in [0.5, 0.6) is 0 Å². The molecule has 5 heteroatoms. The molecule has 1 aromatic rings. The molecule has 1 aliphatic rings. The smallest absolute Gasteiger partial charge is 0.292 e. The molecule has 4 nitrogen and oxygen atoms in total. The molecule has 1 fully saturated rings. The fourth-order valence-corrected chi connectivity index (χ4v) is 2.42. The van der Waals surface area contributed by atoms with Crippen LogP contribution in [0.25, 0.3) is 0 Å². The lowest BCUT2D eigenvalue weighted by molar-refractivity contribution is -0.384. The molecule has 17 heavy (non-hydrogen) atoms. The third kappa shape index (κ3) is 2.44. The lowest BCUT2D eigenvalue weighted by Gasteiger charge is -2.36. The van der Waals surface area contributed by atoms with Crippen molar-refractivity contribution in [3.05, 3.63) is 33.9 Å². The van der Waals surface area contributed by atoms with Crippen LogP contribution in [0.15, 0.2) is 18.2 Å². The maximum absolute atomic E-state index is 11.1. The minimum absolute atomic E-state index is 0.205. The van der Waals surface area contributed by atoms with Gasteiger partial charge in [-0.25, -0.2) is 0 Å². The van der Waals surface area contributed by atoms with Crippen LogP contribution < -0.4 is 4.90 Å². The summed E-state index contributed by atoms with van der Waals surface area (Å²) in [6, 6.07) is 5.90. The minimum Gasteiger partial charge on any atom is -0.366 e. The van der Waals surface area contributed by atoms with Gasteiger partial charge in [0.15, 0.2) is 0 Å². The molecule has 92 valence electrons. The predicted octanol–water partition coefficient (Wildman–Crippen LogP) is 3.48. The van der Waals surface area contributed by atoms with E-state index >= 15 is 0 Å². The topological polar surface area (TPSA) is 46.4 Å². The number of rotatable bonds is 4. The van der Waals surface area contributed by atoms with Gasteiger partial charge in [0.2, 0.25) is 0 Å². The molecule has 0 N–H and O–H groups in total. The molecule has 1 aromatic carbocycles. The average molecular weight is 299 g/mol. The van der Waals surface area contributed by atoms with E-state index in [4.69, 9.17) is 0 Å². The van der Waals surface area contributed by atoms with E-state index in [9.17, 15) is 10.1 Å². The summed E-state index contributed by atoms with van der Waals surface area (Å²) in [4.78, 5) is 12.8. The van der Waals surface area contributed by atoms with E-state index in [1.54, 1.807) is 6.07 Å². The zero-order chi connectivity index (χ0) is 12.4. The molecule has 2 rings (SSSR count). The fraction of sp³-hybridized carbons (Fsp3) is 0.500. The maximum Gasteiger partial charge on any atom is 0.292 e. The number of alkyl halides is 1. The number of halogens is 1. The number of hydrogen-bond acceptors (Lipinski definition) is 3. The average Bonchev–Trinajstić information content (AvgIpc) is 2.25. The summed E-state index contributed by atoms with van der Waals surface area (Å²) in [5.74, 6) is 0. The van der Waals surface area contributed by atoms with Crippen molar-refractivity contribution in [3.8, 4) is 0 Å². The minimum atomic E-state index is -0.295. The van der Waals surface area contributed by atoms with Crippen LogP contribution in [0.1, 0.15) is 24.8 Å². The lowest BCUT2D eigenvalue weighted by Crippen LogP contribution is -2.37. The summed E-state index contributed by atoms with van der Waals surface area (Å²) < 4.78 is 0. The molecule has 0 bridgehead atoms. The first-order chi connectivity index (χ1) is 8.13. The highest BCUT2D eigenvalue weighted by atomic mass is 79.9. The van der Waals surface area contributed by atoms with E-state index in [2.05, 4.69) is 15.9 Å². The van der Waals surface area contributed by atoms with Gasteiger partial charge in [-0.05, 0) is 30.9 Å². The fourth-order valence-electron chi connectivity index (χ4n) is 2.07. The summed E-state index contributed by atoms with van der Waals surface area (Å²) in [6.07, 6.45) is 3.49. The normalized spacial score (nSPS) is 15.4. The van der Waals surface area contributed by atoms with Gasteiger partial charge in [0.05, 0.1) is 4.92 Å². The predicted molar refractivity (Wildman–Crippen MR) is 71.8 cm³/mol. The molecule has 0 unspecified atom stereocenters. The van der Waals surface area contributed by atoms with Crippen molar-refractivity contribution in [1.82, 2.24) is 0 Å². The number of nitro benzene ring substituents is 1. The third-order valence-corrected chi connectivity index (χ3v) is 4.04. The van der Waals surface area contributed by atoms with Crippen molar-refractivity contribution in [2.75, 3.05) is 11.9 Å². The summed E-state index contributed by atoms with van der Waals surface area (Å²) >= 11 is 3.32. The molecule has 0 aliphatic heterocycles. The second-order valence-corrected chi connectivity index (χ2v) is 4.97. The van der Waals surface area contributed by atoms with Crippen molar-refractivity contribution in [2.24, 2.45) is 0 Å². The summed E-state index contributed by atoms with van der Waals surface area (Å²) in [5, 5.41) is 11.7. The molecule has 0 spiro atoms. The molecule has 0 aromatic heterocycles. The zero-order valence-corrected chi connectivity index (χ0v) is 11.3. The Bertz CT molecular complexity index is 433. The van der Waals surface area contributed by atoms with Gasteiger partial charge in [-0.15, -0.1) is 0 Å². The van der Waals surface area contributed by atoms with Gasteiger partial charge in [-0.2, -0.15) is 0 Å². The quantitative estimate of drug-likeness (QED) is 0.486. The first-order valence-corrected chi connectivity index (χ1v) is 6.81. The highest BCUT2D eigenvalue weighted by Crippen LogP contribution is 2.34. The van der Waals surface area contributed by atoms with E-state index in [1.807, 2.05) is 24.1 Å². The monoisotopic (exact) mass is 298 g/mol. The Labute approximate surface area is 109 Å². The molecular weight excluding hydrogens is 284 g/mol. The van der Waals surface area contributed by atoms with Crippen LogP contribution in [0.2, 0.25) is 0 Å². The number of benzene rings is 1. The first-order valence-electron chi connectivity index (χ1n) is 5.69. The van der Waals surface area contributed by atoms with E-state index in [1.165, 1.54) is 6.42 Å². The third-order valence-electron chi connectivity index (χ3n) is 3.39. The second kappa shape index (κ2) is 5.04. The van der Waals surface area contributed by atoms with Crippen LogP contribution in [0.4, 0.5) is 11.4 Å². The van der Waals surface area contributed by atoms with Gasteiger partial charge >= 0.3 is 0 Å². The van der Waals surface area contributed by atoms with Crippen molar-refractivity contribution in [1.29, 1.82) is 0 Å². The molecular formula is C12H15BrN2O2. The summed E-state index contributed by atoms with van der Waals surface area (Å²) in [5.41, 5.74) is 1.86. The van der Waals surface area contributed by atoms with Gasteiger partial charge < -0.3 is 4.90 Å². The van der Waals surface area contributed by atoms with Crippen molar-refractivity contribution in [3.63, 3.8) is 0 Å². The Hall–Kier alpha value is -1.10. The van der Waals surface area contributed by atoms with Gasteiger partial charge in [0, 0.05) is 24.5 Å². The van der Waals surface area contributed by atoms with Crippen molar-refractivity contribution in [2.45, 2.75) is 30.6 Å². The number of hydrogen-bond donors (Lipinski definition) is 0. The van der Waals surface area contributed by atoms with Crippen molar-refractivity contribution >= 4 is 27.3 Å². The zero-order valence-electron chi connectivity index (χ0n) is 9.73. The van der Waals surface area contributed by atoms with E-state index < -0.39 is 0 Å². The highest BCUT2D eigenvalue weighted by molar-refractivity contribution is 9.08. The molecule has 0 amide bonds. The van der Waals surface area contributed by atoms with Crippen LogP contribution in [0.3, 0.4) is 0 Å². The van der Waals surface area contributed by atoms with Gasteiger partial charge in [0.1, 0.15) is 5.69 Å². The molecule has 1 saturated carbocycles. The Balaban J connectivity index is 2.34. The highest BCUT2D eigenvalue weighted by Gasteiger charge is 2.27. The van der Waals surface area contributed by atoms with Crippen LogP contribution in [-0.2, 0) is 5.33 Å². The SMILES string of the molecule is CN(c1ccc(CBr)cc1[N+](=O)[O-])C1CCC1. The van der Waals surface area contributed by atoms with E-state index in [0.29, 0.717) is 11.4 Å². The molecule has 0 radical (unpaired) electrons. The van der Waals surface area contributed by atoms with Gasteiger partial charge in [-0.3, -0.25) is 10.1 Å². The van der Waals surface area contributed by atoms with E-state index in [-0.39, 0.29) is 10.6 Å². The molecule has 1 aliphatic carbocycles. The van der Waals surface area contributed by atoms with Crippen LogP contribution in [-0.4, -0.2) is 18.0 Å². The Morgan fingerprint density at radius 3 is 2.71 bits per heavy atom. The maximum atomic E-state index is 11.1.